The van der Waals surface area contributed by atoms with E-state index in [-0.39, 0.29) is 11.5 Å². The van der Waals surface area contributed by atoms with Gasteiger partial charge in [0.1, 0.15) is 0 Å². The Balaban J connectivity index is 2.26. The number of hydrogen-bond donors (Lipinski definition) is 1. The van der Waals surface area contributed by atoms with Gasteiger partial charge in [-0.25, -0.2) is 0 Å². The number of halogens is 3. The molecule has 0 unspecified atom stereocenters. The summed E-state index contributed by atoms with van der Waals surface area (Å²) in [4.78, 5) is 0. The molecule has 0 saturated carbocycles. The molecule has 0 amide bonds. The van der Waals surface area contributed by atoms with E-state index in [1.54, 1.807) is 6.07 Å². The van der Waals surface area contributed by atoms with Crippen LogP contribution >= 0.6 is 0 Å². The molecular weight excluding hydrogens is 283 g/mol. The van der Waals surface area contributed by atoms with Gasteiger partial charge in [-0.1, -0.05) is 31.9 Å². The molecule has 0 aliphatic heterocycles. The Morgan fingerprint density at radius 2 is 1.67 bits per heavy atom. The number of ether oxygens (including phenoxy) is 2. The van der Waals surface area contributed by atoms with Gasteiger partial charge in [0.15, 0.2) is 11.5 Å². The van der Waals surface area contributed by atoms with Gasteiger partial charge in [0, 0.05) is 0 Å². The molecule has 1 aromatic carbocycles. The summed E-state index contributed by atoms with van der Waals surface area (Å²) in [6.45, 7) is 4.42. The molecule has 0 bridgehead atoms. The van der Waals surface area contributed by atoms with Gasteiger partial charge in [0.25, 0.3) is 0 Å². The van der Waals surface area contributed by atoms with Gasteiger partial charge in [-0.3, -0.25) is 0 Å². The van der Waals surface area contributed by atoms with Crippen molar-refractivity contribution < 1.29 is 22.6 Å². The predicted octanol–water partition coefficient (Wildman–Crippen LogP) is 4.13. The third-order valence-corrected chi connectivity index (χ3v) is 2.83. The first-order valence-electron chi connectivity index (χ1n) is 7.21. The third kappa shape index (κ3) is 8.45. The van der Waals surface area contributed by atoms with E-state index in [0.717, 1.165) is 38.8 Å². The summed E-state index contributed by atoms with van der Waals surface area (Å²) in [5.74, 6) is -0.167. The normalized spacial score (nSPS) is 11.4. The van der Waals surface area contributed by atoms with E-state index in [4.69, 9.17) is 4.74 Å². The highest BCUT2D eigenvalue weighted by atomic mass is 19.4. The molecule has 0 saturated heterocycles. The molecule has 3 nitrogen and oxygen atoms in total. The molecule has 0 aromatic heterocycles. The Hall–Kier alpha value is -1.43. The Bertz CT molecular complexity index is 397. The summed E-state index contributed by atoms with van der Waals surface area (Å²) >= 11 is 0. The third-order valence-electron chi connectivity index (χ3n) is 2.83. The van der Waals surface area contributed by atoms with Crippen LogP contribution in [0.15, 0.2) is 24.3 Å². The molecular formula is C15H22F3NO2. The molecule has 6 heteroatoms. The molecule has 0 aliphatic rings. The van der Waals surface area contributed by atoms with Crippen LogP contribution in [0.5, 0.6) is 11.5 Å². The van der Waals surface area contributed by atoms with Gasteiger partial charge >= 0.3 is 6.36 Å². The van der Waals surface area contributed by atoms with Crippen molar-refractivity contribution in [3.63, 3.8) is 0 Å². The van der Waals surface area contributed by atoms with Crippen LogP contribution < -0.4 is 14.8 Å². The Labute approximate surface area is 123 Å². The van der Waals surface area contributed by atoms with Crippen molar-refractivity contribution in [2.75, 3.05) is 19.7 Å². The van der Waals surface area contributed by atoms with Crippen LogP contribution in [0.4, 0.5) is 13.2 Å². The zero-order valence-electron chi connectivity index (χ0n) is 12.2. The van der Waals surface area contributed by atoms with Crippen molar-refractivity contribution in [3.05, 3.63) is 24.3 Å². The number of para-hydroxylation sites is 2. The quantitative estimate of drug-likeness (QED) is 0.659. The van der Waals surface area contributed by atoms with Crippen LogP contribution in [-0.4, -0.2) is 26.1 Å². The summed E-state index contributed by atoms with van der Waals surface area (Å²) in [6.07, 6.45) is -0.718. The fraction of sp³-hybridized carbons (Fsp3) is 0.600. The van der Waals surface area contributed by atoms with Crippen LogP contribution in [0.2, 0.25) is 0 Å². The van der Waals surface area contributed by atoms with Gasteiger partial charge in [-0.05, 0) is 38.1 Å². The minimum absolute atomic E-state index is 0.127. The maximum atomic E-state index is 12.2. The van der Waals surface area contributed by atoms with E-state index in [0.29, 0.717) is 6.61 Å². The second kappa shape index (κ2) is 9.50. The maximum Gasteiger partial charge on any atom is 0.573 e. The average Bonchev–Trinajstić information content (AvgIpc) is 2.42. The van der Waals surface area contributed by atoms with E-state index in [1.165, 1.54) is 18.2 Å². The first-order chi connectivity index (χ1) is 10.0. The number of alkyl halides is 3. The SMILES string of the molecule is CCNCCCCCCOc1ccccc1OC(F)(F)F. The lowest BCUT2D eigenvalue weighted by Crippen LogP contribution is -2.17. The first-order valence-corrected chi connectivity index (χ1v) is 7.21. The van der Waals surface area contributed by atoms with E-state index in [2.05, 4.69) is 17.0 Å². The topological polar surface area (TPSA) is 30.5 Å². The van der Waals surface area contributed by atoms with Crippen molar-refractivity contribution in [2.24, 2.45) is 0 Å². The Morgan fingerprint density at radius 3 is 2.33 bits per heavy atom. The lowest BCUT2D eigenvalue weighted by Gasteiger charge is -2.13. The minimum Gasteiger partial charge on any atom is -0.490 e. The van der Waals surface area contributed by atoms with Crippen molar-refractivity contribution in [3.8, 4) is 11.5 Å². The molecule has 1 aromatic rings. The summed E-state index contributed by atoms with van der Waals surface area (Å²) in [5.41, 5.74) is 0. The zero-order chi connectivity index (χ0) is 15.6. The van der Waals surface area contributed by atoms with Crippen molar-refractivity contribution in [1.82, 2.24) is 5.32 Å². The monoisotopic (exact) mass is 305 g/mol. The summed E-state index contributed by atoms with van der Waals surface area (Å²) in [6, 6.07) is 5.83. The molecule has 0 fully saturated rings. The van der Waals surface area contributed by atoms with Crippen LogP contribution in [0, 0.1) is 0 Å². The Kier molecular flexibility index (Phi) is 7.97. The largest absolute Gasteiger partial charge is 0.573 e. The molecule has 0 radical (unpaired) electrons. The zero-order valence-corrected chi connectivity index (χ0v) is 12.2. The Morgan fingerprint density at radius 1 is 1.00 bits per heavy atom. The molecule has 21 heavy (non-hydrogen) atoms. The highest BCUT2D eigenvalue weighted by Crippen LogP contribution is 2.31. The lowest BCUT2D eigenvalue weighted by atomic mass is 10.2. The molecule has 0 aliphatic carbocycles. The molecule has 120 valence electrons. The summed E-state index contributed by atoms with van der Waals surface area (Å²) < 4.78 is 46.0. The summed E-state index contributed by atoms with van der Waals surface area (Å²) in [5, 5.41) is 3.24. The van der Waals surface area contributed by atoms with E-state index in [1.807, 2.05) is 0 Å². The number of unbranched alkanes of at least 4 members (excludes halogenated alkanes) is 3. The molecule has 1 N–H and O–H groups in total. The van der Waals surface area contributed by atoms with Crippen molar-refractivity contribution in [1.29, 1.82) is 0 Å². The molecule has 0 heterocycles. The van der Waals surface area contributed by atoms with Crippen molar-refractivity contribution in [2.45, 2.75) is 39.0 Å². The van der Waals surface area contributed by atoms with Crippen LogP contribution in [-0.2, 0) is 0 Å². The van der Waals surface area contributed by atoms with E-state index < -0.39 is 6.36 Å². The number of rotatable bonds is 10. The molecule has 0 atom stereocenters. The highest BCUT2D eigenvalue weighted by molar-refractivity contribution is 5.39. The van der Waals surface area contributed by atoms with Crippen LogP contribution in [0.3, 0.4) is 0 Å². The van der Waals surface area contributed by atoms with Gasteiger partial charge < -0.3 is 14.8 Å². The highest BCUT2D eigenvalue weighted by Gasteiger charge is 2.32. The fourth-order valence-electron chi connectivity index (χ4n) is 1.84. The number of nitrogens with one attached hydrogen (secondary N) is 1. The number of benzene rings is 1. The second-order valence-corrected chi connectivity index (χ2v) is 4.61. The van der Waals surface area contributed by atoms with Gasteiger partial charge in [0.2, 0.25) is 0 Å². The van der Waals surface area contributed by atoms with Gasteiger partial charge in [-0.2, -0.15) is 0 Å². The lowest BCUT2D eigenvalue weighted by molar-refractivity contribution is -0.275. The smallest absolute Gasteiger partial charge is 0.490 e. The fourth-order valence-corrected chi connectivity index (χ4v) is 1.84. The first kappa shape index (κ1) is 17.6. The van der Waals surface area contributed by atoms with E-state index >= 15 is 0 Å². The van der Waals surface area contributed by atoms with E-state index in [9.17, 15) is 13.2 Å². The maximum absolute atomic E-state index is 12.2. The second-order valence-electron chi connectivity index (χ2n) is 4.61. The van der Waals surface area contributed by atoms with Crippen molar-refractivity contribution >= 4 is 0 Å². The predicted molar refractivity (Wildman–Crippen MR) is 75.6 cm³/mol. The molecule has 0 spiro atoms. The average molecular weight is 305 g/mol. The minimum atomic E-state index is -4.70. The summed E-state index contributed by atoms with van der Waals surface area (Å²) in [7, 11) is 0. The standard InChI is InChI=1S/C15H22F3NO2/c1-2-19-11-7-3-4-8-12-20-13-9-5-6-10-14(13)21-15(16,17)18/h5-6,9-10,19H,2-4,7-8,11-12H2,1H3. The molecule has 1 rings (SSSR count). The number of hydrogen-bond acceptors (Lipinski definition) is 3. The van der Waals surface area contributed by atoms with Gasteiger partial charge in [0.05, 0.1) is 6.61 Å². The van der Waals surface area contributed by atoms with Crippen LogP contribution in [0.1, 0.15) is 32.6 Å². The van der Waals surface area contributed by atoms with Crippen LogP contribution in [0.25, 0.3) is 0 Å². The van der Waals surface area contributed by atoms with Gasteiger partial charge in [-0.15, -0.1) is 13.2 Å².